The summed E-state index contributed by atoms with van der Waals surface area (Å²) < 4.78 is 15.3. The van der Waals surface area contributed by atoms with Crippen molar-refractivity contribution in [2.45, 2.75) is 19.9 Å². The third-order valence-electron chi connectivity index (χ3n) is 3.49. The number of aryl methyl sites for hydroxylation is 1. The molecule has 3 rings (SSSR count). The number of fused-ring (bicyclic) bond motifs is 1. The van der Waals surface area contributed by atoms with E-state index in [0.717, 1.165) is 11.1 Å². The summed E-state index contributed by atoms with van der Waals surface area (Å²) in [7, 11) is 0. The summed E-state index contributed by atoms with van der Waals surface area (Å²) in [5, 5.41) is 8.95. The highest BCUT2D eigenvalue weighted by atomic mass is 19.1. The summed E-state index contributed by atoms with van der Waals surface area (Å²) in [5.41, 5.74) is 3.77. The number of rotatable bonds is 3. The predicted molar refractivity (Wildman–Crippen MR) is 79.3 cm³/mol. The third kappa shape index (κ3) is 2.63. The van der Waals surface area contributed by atoms with Crippen molar-refractivity contribution in [2.75, 3.05) is 0 Å². The first kappa shape index (κ1) is 13.3. The van der Waals surface area contributed by atoms with Gasteiger partial charge in [-0.05, 0) is 24.6 Å². The number of benzene rings is 2. The lowest BCUT2D eigenvalue weighted by molar-refractivity contribution is 0.629. The number of imidazole rings is 1. The van der Waals surface area contributed by atoms with Crippen LogP contribution < -0.4 is 0 Å². The van der Waals surface area contributed by atoms with Crippen molar-refractivity contribution in [1.82, 2.24) is 9.55 Å². The van der Waals surface area contributed by atoms with E-state index in [2.05, 4.69) is 35.3 Å². The van der Waals surface area contributed by atoms with E-state index < -0.39 is 0 Å². The number of halogens is 1. The van der Waals surface area contributed by atoms with Gasteiger partial charge in [-0.15, -0.1) is 0 Å². The Morgan fingerprint density at radius 2 is 1.95 bits per heavy atom. The van der Waals surface area contributed by atoms with Crippen LogP contribution >= 0.6 is 0 Å². The van der Waals surface area contributed by atoms with Gasteiger partial charge in [0, 0.05) is 12.6 Å². The maximum absolute atomic E-state index is 13.3. The molecule has 0 bridgehead atoms. The van der Waals surface area contributed by atoms with Crippen molar-refractivity contribution in [3.05, 3.63) is 65.2 Å². The molecule has 3 aromatic rings. The molecule has 2 aromatic carbocycles. The SMILES string of the molecule is Cc1ccc(Cn2c(CC#N)nc3cc(F)ccc32)cc1. The molecule has 1 aromatic heterocycles. The zero-order valence-corrected chi connectivity index (χ0v) is 11.7. The molecule has 3 nitrogen and oxygen atoms in total. The summed E-state index contributed by atoms with van der Waals surface area (Å²) >= 11 is 0. The summed E-state index contributed by atoms with van der Waals surface area (Å²) in [4.78, 5) is 4.38. The fourth-order valence-electron chi connectivity index (χ4n) is 2.41. The van der Waals surface area contributed by atoms with E-state index in [4.69, 9.17) is 5.26 Å². The second kappa shape index (κ2) is 5.37. The normalized spacial score (nSPS) is 10.7. The molecule has 0 N–H and O–H groups in total. The van der Waals surface area contributed by atoms with Gasteiger partial charge < -0.3 is 4.57 Å². The third-order valence-corrected chi connectivity index (χ3v) is 3.49. The topological polar surface area (TPSA) is 41.6 Å². The van der Waals surface area contributed by atoms with Gasteiger partial charge in [0.1, 0.15) is 11.6 Å². The lowest BCUT2D eigenvalue weighted by Crippen LogP contribution is -2.04. The molecule has 1 heterocycles. The molecule has 0 fully saturated rings. The van der Waals surface area contributed by atoms with Crippen LogP contribution in [0, 0.1) is 24.1 Å². The Labute approximate surface area is 122 Å². The summed E-state index contributed by atoms with van der Waals surface area (Å²) in [5.74, 6) is 0.352. The lowest BCUT2D eigenvalue weighted by atomic mass is 10.1. The zero-order chi connectivity index (χ0) is 14.8. The quantitative estimate of drug-likeness (QED) is 0.735. The van der Waals surface area contributed by atoms with E-state index in [1.165, 1.54) is 17.7 Å². The van der Waals surface area contributed by atoms with Crippen molar-refractivity contribution >= 4 is 11.0 Å². The number of aromatic nitrogens is 2. The van der Waals surface area contributed by atoms with Crippen LogP contribution in [0.25, 0.3) is 11.0 Å². The van der Waals surface area contributed by atoms with E-state index >= 15 is 0 Å². The van der Waals surface area contributed by atoms with Crippen LogP contribution in [0.4, 0.5) is 4.39 Å². The summed E-state index contributed by atoms with van der Waals surface area (Å²) in [6, 6.07) is 14.9. The highest BCUT2D eigenvalue weighted by molar-refractivity contribution is 5.76. The first-order valence-electron chi connectivity index (χ1n) is 6.74. The second-order valence-corrected chi connectivity index (χ2v) is 5.07. The molecule has 4 heteroatoms. The molecule has 0 unspecified atom stereocenters. The van der Waals surface area contributed by atoms with E-state index in [-0.39, 0.29) is 12.2 Å². The summed E-state index contributed by atoms with van der Waals surface area (Å²) in [6.45, 7) is 2.67. The van der Waals surface area contributed by atoms with Crippen LogP contribution in [0.2, 0.25) is 0 Å². The van der Waals surface area contributed by atoms with E-state index in [1.807, 2.05) is 11.5 Å². The maximum atomic E-state index is 13.3. The standard InChI is InChI=1S/C17H14FN3/c1-12-2-4-13(5-3-12)11-21-16-7-6-14(18)10-15(16)20-17(21)8-9-19/h2-7,10H,8,11H2,1H3. The molecule has 0 aliphatic rings. The van der Waals surface area contributed by atoms with Crippen LogP contribution in [0.5, 0.6) is 0 Å². The Hall–Kier alpha value is -2.67. The molecule has 0 saturated carbocycles. The molecule has 0 aliphatic carbocycles. The van der Waals surface area contributed by atoms with Gasteiger partial charge in [0.25, 0.3) is 0 Å². The molecule has 0 saturated heterocycles. The van der Waals surface area contributed by atoms with Crippen molar-refractivity contribution in [1.29, 1.82) is 5.26 Å². The van der Waals surface area contributed by atoms with E-state index in [9.17, 15) is 4.39 Å². The molecular formula is C17H14FN3. The maximum Gasteiger partial charge on any atom is 0.125 e. The number of nitrogens with zero attached hydrogens (tertiary/aromatic N) is 3. The van der Waals surface area contributed by atoms with Crippen molar-refractivity contribution in [2.24, 2.45) is 0 Å². The molecule has 104 valence electrons. The van der Waals surface area contributed by atoms with Gasteiger partial charge in [0.15, 0.2) is 0 Å². The molecule has 0 atom stereocenters. The largest absolute Gasteiger partial charge is 0.323 e. The molecule has 0 amide bonds. The van der Waals surface area contributed by atoms with Crippen molar-refractivity contribution in [3.8, 4) is 6.07 Å². The Kier molecular flexibility index (Phi) is 3.41. The fraction of sp³-hybridized carbons (Fsp3) is 0.176. The first-order valence-corrected chi connectivity index (χ1v) is 6.74. The predicted octanol–water partition coefficient (Wildman–Crippen LogP) is 3.60. The smallest absolute Gasteiger partial charge is 0.125 e. The van der Waals surface area contributed by atoms with Crippen molar-refractivity contribution < 1.29 is 4.39 Å². The van der Waals surface area contributed by atoms with E-state index in [1.54, 1.807) is 6.07 Å². The van der Waals surface area contributed by atoms with Gasteiger partial charge in [-0.25, -0.2) is 9.37 Å². The minimum absolute atomic E-state index is 0.210. The molecule has 0 spiro atoms. The average Bonchev–Trinajstić information content (AvgIpc) is 2.79. The Bertz CT molecular complexity index is 826. The molecule has 0 aliphatic heterocycles. The second-order valence-electron chi connectivity index (χ2n) is 5.07. The van der Waals surface area contributed by atoms with Crippen LogP contribution in [0.1, 0.15) is 17.0 Å². The fourth-order valence-corrected chi connectivity index (χ4v) is 2.41. The zero-order valence-electron chi connectivity index (χ0n) is 11.7. The average molecular weight is 279 g/mol. The highest BCUT2D eigenvalue weighted by Gasteiger charge is 2.11. The Morgan fingerprint density at radius 1 is 1.19 bits per heavy atom. The number of hydrogen-bond acceptors (Lipinski definition) is 2. The monoisotopic (exact) mass is 279 g/mol. The minimum atomic E-state index is -0.314. The molecular weight excluding hydrogens is 265 g/mol. The van der Waals surface area contributed by atoms with Crippen LogP contribution in [-0.4, -0.2) is 9.55 Å². The lowest BCUT2D eigenvalue weighted by Gasteiger charge is -2.08. The number of hydrogen-bond donors (Lipinski definition) is 0. The van der Waals surface area contributed by atoms with Gasteiger partial charge in [-0.3, -0.25) is 0 Å². The number of nitriles is 1. The Balaban J connectivity index is 2.08. The first-order chi connectivity index (χ1) is 10.2. The van der Waals surface area contributed by atoms with Crippen LogP contribution in [-0.2, 0) is 13.0 Å². The van der Waals surface area contributed by atoms with Gasteiger partial charge in [0.05, 0.1) is 23.5 Å². The van der Waals surface area contributed by atoms with Crippen molar-refractivity contribution in [3.63, 3.8) is 0 Å². The molecule has 21 heavy (non-hydrogen) atoms. The van der Waals surface area contributed by atoms with Crippen LogP contribution in [0.15, 0.2) is 42.5 Å². The van der Waals surface area contributed by atoms with Gasteiger partial charge in [-0.1, -0.05) is 29.8 Å². The van der Waals surface area contributed by atoms with E-state index in [0.29, 0.717) is 17.9 Å². The molecule has 0 radical (unpaired) electrons. The van der Waals surface area contributed by atoms with Crippen LogP contribution in [0.3, 0.4) is 0 Å². The van der Waals surface area contributed by atoms with Gasteiger partial charge >= 0.3 is 0 Å². The highest BCUT2D eigenvalue weighted by Crippen LogP contribution is 2.19. The van der Waals surface area contributed by atoms with Gasteiger partial charge in [0.2, 0.25) is 0 Å². The van der Waals surface area contributed by atoms with Gasteiger partial charge in [-0.2, -0.15) is 5.26 Å². The minimum Gasteiger partial charge on any atom is -0.323 e. The summed E-state index contributed by atoms with van der Waals surface area (Å²) in [6.07, 6.45) is 0.210. The Morgan fingerprint density at radius 3 is 2.67 bits per heavy atom.